The molecule has 0 bridgehead atoms. The highest BCUT2D eigenvalue weighted by Crippen LogP contribution is 2.26. The summed E-state index contributed by atoms with van der Waals surface area (Å²) < 4.78 is 11.1. The van der Waals surface area contributed by atoms with Gasteiger partial charge in [0.1, 0.15) is 5.57 Å². The number of rotatable bonds is 1. The van der Waals surface area contributed by atoms with Gasteiger partial charge in [0.05, 0.1) is 0 Å². The second-order valence-electron chi connectivity index (χ2n) is 4.71. The van der Waals surface area contributed by atoms with Gasteiger partial charge in [0.2, 0.25) is 0 Å². The Morgan fingerprint density at radius 1 is 1.16 bits per heavy atom. The molecule has 100 valence electrons. The van der Waals surface area contributed by atoms with Gasteiger partial charge in [0.25, 0.3) is 5.79 Å². The van der Waals surface area contributed by atoms with E-state index >= 15 is 0 Å². The summed E-state index contributed by atoms with van der Waals surface area (Å²) in [6.45, 7) is 4.96. The molecular weight excluding hydrogens is 359 g/mol. The molecule has 0 spiro atoms. The molecule has 0 amide bonds. The van der Waals surface area contributed by atoms with Crippen molar-refractivity contribution in [1.29, 1.82) is 0 Å². The Morgan fingerprint density at radius 2 is 1.74 bits per heavy atom. The first-order chi connectivity index (χ1) is 8.80. The lowest BCUT2D eigenvalue weighted by atomic mass is 10.1. The molecule has 1 aliphatic rings. The van der Waals surface area contributed by atoms with Crippen LogP contribution < -0.4 is 0 Å². The van der Waals surface area contributed by atoms with Crippen molar-refractivity contribution in [3.63, 3.8) is 0 Å². The van der Waals surface area contributed by atoms with Crippen LogP contribution in [-0.4, -0.2) is 17.7 Å². The van der Waals surface area contributed by atoms with E-state index in [0.717, 1.165) is 14.7 Å². The quantitative estimate of drug-likeness (QED) is 0.329. The van der Waals surface area contributed by atoms with Crippen LogP contribution in [-0.2, 0) is 19.1 Å². The normalized spacial score (nSPS) is 17.8. The van der Waals surface area contributed by atoms with Crippen LogP contribution in [0, 0.1) is 10.5 Å². The molecule has 4 nitrogen and oxygen atoms in total. The monoisotopic (exact) mass is 372 g/mol. The molecule has 2 rings (SSSR count). The van der Waals surface area contributed by atoms with Crippen LogP contribution >= 0.6 is 22.6 Å². The number of esters is 2. The van der Waals surface area contributed by atoms with Crippen LogP contribution in [0.15, 0.2) is 23.8 Å². The summed E-state index contributed by atoms with van der Waals surface area (Å²) in [7, 11) is 0. The average molecular weight is 372 g/mol. The summed E-state index contributed by atoms with van der Waals surface area (Å²) in [6, 6.07) is 5.74. The number of ether oxygens (including phenoxy) is 2. The minimum absolute atomic E-state index is 0.0773. The first-order valence-corrected chi connectivity index (χ1v) is 6.81. The van der Waals surface area contributed by atoms with Gasteiger partial charge >= 0.3 is 11.9 Å². The van der Waals surface area contributed by atoms with Crippen molar-refractivity contribution in [2.24, 2.45) is 0 Å². The topological polar surface area (TPSA) is 52.6 Å². The lowest BCUT2D eigenvalue weighted by Gasteiger charge is -2.29. The third kappa shape index (κ3) is 2.97. The number of halogens is 1. The molecule has 1 aromatic rings. The third-order valence-corrected chi connectivity index (χ3v) is 3.62. The fourth-order valence-corrected chi connectivity index (χ4v) is 2.54. The van der Waals surface area contributed by atoms with Gasteiger partial charge in [-0.05, 0) is 52.8 Å². The molecule has 0 aromatic heterocycles. The Bertz CT molecular complexity index is 545. The number of benzene rings is 1. The minimum atomic E-state index is -1.20. The van der Waals surface area contributed by atoms with Crippen molar-refractivity contribution in [1.82, 2.24) is 0 Å². The molecule has 1 heterocycles. The van der Waals surface area contributed by atoms with E-state index in [4.69, 9.17) is 9.47 Å². The molecule has 1 saturated heterocycles. The van der Waals surface area contributed by atoms with Gasteiger partial charge < -0.3 is 9.47 Å². The van der Waals surface area contributed by atoms with E-state index in [1.807, 2.05) is 25.1 Å². The van der Waals surface area contributed by atoms with E-state index in [9.17, 15) is 9.59 Å². The van der Waals surface area contributed by atoms with Gasteiger partial charge in [-0.25, -0.2) is 9.59 Å². The maximum Gasteiger partial charge on any atom is 0.348 e. The maximum absolute atomic E-state index is 11.9. The summed E-state index contributed by atoms with van der Waals surface area (Å²) in [6.07, 6.45) is 1.52. The van der Waals surface area contributed by atoms with Crippen molar-refractivity contribution >= 4 is 40.6 Å². The van der Waals surface area contributed by atoms with Gasteiger partial charge in [0.15, 0.2) is 0 Å². The summed E-state index contributed by atoms with van der Waals surface area (Å²) in [5, 5.41) is 0. The Labute approximate surface area is 124 Å². The first-order valence-electron chi connectivity index (χ1n) is 5.74. The van der Waals surface area contributed by atoms with Gasteiger partial charge in [-0.1, -0.05) is 12.1 Å². The number of cyclic esters (lactones) is 2. The SMILES string of the molecule is Cc1cccc(I)c1C=C1C(=O)OC(C)(C)OC1=O. The fourth-order valence-electron chi connectivity index (χ4n) is 1.75. The molecule has 1 aliphatic heterocycles. The van der Waals surface area contributed by atoms with Gasteiger partial charge in [-0.15, -0.1) is 0 Å². The van der Waals surface area contributed by atoms with Crippen LogP contribution in [0.3, 0.4) is 0 Å². The van der Waals surface area contributed by atoms with Crippen molar-refractivity contribution in [3.8, 4) is 0 Å². The number of aryl methyl sites for hydroxylation is 1. The standard InChI is InChI=1S/C14H13IO4/c1-8-5-4-6-11(15)9(8)7-10-12(16)18-14(2,3)19-13(10)17/h4-7H,1-3H3. The van der Waals surface area contributed by atoms with E-state index in [1.54, 1.807) is 0 Å². The summed E-state index contributed by atoms with van der Waals surface area (Å²) >= 11 is 2.15. The zero-order valence-corrected chi connectivity index (χ0v) is 13.0. The summed E-state index contributed by atoms with van der Waals surface area (Å²) in [5.41, 5.74) is 1.73. The highest BCUT2D eigenvalue weighted by atomic mass is 127. The smallest absolute Gasteiger partial charge is 0.348 e. The van der Waals surface area contributed by atoms with Crippen molar-refractivity contribution in [3.05, 3.63) is 38.5 Å². The van der Waals surface area contributed by atoms with E-state index in [1.165, 1.54) is 19.9 Å². The Balaban J connectivity index is 2.44. The molecule has 0 unspecified atom stereocenters. The Kier molecular flexibility index (Phi) is 3.66. The fraction of sp³-hybridized carbons (Fsp3) is 0.286. The second-order valence-corrected chi connectivity index (χ2v) is 5.87. The maximum atomic E-state index is 11.9. The lowest BCUT2D eigenvalue weighted by Crippen LogP contribution is -2.41. The van der Waals surface area contributed by atoms with E-state index < -0.39 is 17.7 Å². The molecule has 0 radical (unpaired) electrons. The highest BCUT2D eigenvalue weighted by Gasteiger charge is 2.38. The Morgan fingerprint density at radius 3 is 2.26 bits per heavy atom. The molecule has 0 aliphatic carbocycles. The number of carbonyl (C=O) groups is 2. The second kappa shape index (κ2) is 4.96. The van der Waals surface area contributed by atoms with E-state index in [2.05, 4.69) is 22.6 Å². The molecule has 0 saturated carbocycles. The van der Waals surface area contributed by atoms with Crippen molar-refractivity contribution < 1.29 is 19.1 Å². The van der Waals surface area contributed by atoms with Crippen LogP contribution in [0.5, 0.6) is 0 Å². The van der Waals surface area contributed by atoms with Crippen LogP contribution in [0.2, 0.25) is 0 Å². The van der Waals surface area contributed by atoms with Gasteiger partial charge in [0, 0.05) is 17.4 Å². The number of hydrogen-bond donors (Lipinski definition) is 0. The van der Waals surface area contributed by atoms with E-state index in [0.29, 0.717) is 0 Å². The predicted octanol–water partition coefficient (Wildman–Crippen LogP) is 2.82. The largest absolute Gasteiger partial charge is 0.419 e. The van der Waals surface area contributed by atoms with Crippen LogP contribution in [0.1, 0.15) is 25.0 Å². The molecule has 1 fully saturated rings. The van der Waals surface area contributed by atoms with Crippen molar-refractivity contribution in [2.75, 3.05) is 0 Å². The predicted molar refractivity (Wildman–Crippen MR) is 78.1 cm³/mol. The Hall–Kier alpha value is -1.37. The molecule has 0 atom stereocenters. The average Bonchev–Trinajstić information content (AvgIpc) is 2.25. The zero-order chi connectivity index (χ0) is 14.2. The highest BCUT2D eigenvalue weighted by molar-refractivity contribution is 14.1. The minimum Gasteiger partial charge on any atom is -0.419 e. The number of carbonyl (C=O) groups excluding carboxylic acids is 2. The molecule has 5 heteroatoms. The summed E-state index contributed by atoms with van der Waals surface area (Å²) in [4.78, 5) is 23.7. The van der Waals surface area contributed by atoms with Gasteiger partial charge in [-0.3, -0.25) is 0 Å². The third-order valence-electron chi connectivity index (χ3n) is 2.68. The number of hydrogen-bond acceptors (Lipinski definition) is 4. The molecule has 1 aromatic carbocycles. The molecular formula is C14H13IO4. The van der Waals surface area contributed by atoms with Crippen LogP contribution in [0.25, 0.3) is 6.08 Å². The van der Waals surface area contributed by atoms with Gasteiger partial charge in [-0.2, -0.15) is 0 Å². The molecule has 0 N–H and O–H groups in total. The lowest BCUT2D eigenvalue weighted by molar-refractivity contribution is -0.222. The van der Waals surface area contributed by atoms with E-state index in [-0.39, 0.29) is 5.57 Å². The summed E-state index contributed by atoms with van der Waals surface area (Å²) in [5.74, 6) is -2.51. The first kappa shape index (κ1) is 14.0. The molecule has 19 heavy (non-hydrogen) atoms. The van der Waals surface area contributed by atoms with Crippen LogP contribution in [0.4, 0.5) is 0 Å². The zero-order valence-electron chi connectivity index (χ0n) is 10.8. The van der Waals surface area contributed by atoms with Crippen molar-refractivity contribution in [2.45, 2.75) is 26.6 Å².